The highest BCUT2D eigenvalue weighted by atomic mass is 35.5. The molecule has 8 heteroatoms. The van der Waals surface area contributed by atoms with Crippen LogP contribution in [-0.4, -0.2) is 58.0 Å². The fourth-order valence-electron chi connectivity index (χ4n) is 2.53. The number of amides is 1. The maximum atomic E-state index is 12.2. The summed E-state index contributed by atoms with van der Waals surface area (Å²) in [5.41, 5.74) is 0.435. The molecular formula is C14H25ClN4O2S. The largest absolute Gasteiger partial charge is 0.395 e. The predicted octanol–water partition coefficient (Wildman–Crippen LogP) is 1.07. The Bertz CT molecular complexity index is 461. The van der Waals surface area contributed by atoms with Crippen LogP contribution in [-0.2, 0) is 0 Å². The van der Waals surface area contributed by atoms with E-state index in [9.17, 15) is 9.90 Å². The summed E-state index contributed by atoms with van der Waals surface area (Å²) >= 11 is 1.54. The Labute approximate surface area is 141 Å². The molecule has 1 fully saturated rings. The van der Waals surface area contributed by atoms with Gasteiger partial charge in [-0.25, -0.2) is 0 Å². The van der Waals surface area contributed by atoms with Gasteiger partial charge in [0.05, 0.1) is 12.6 Å². The molecule has 0 spiro atoms. The highest BCUT2D eigenvalue weighted by Crippen LogP contribution is 2.16. The van der Waals surface area contributed by atoms with Crippen LogP contribution in [0.3, 0.4) is 0 Å². The van der Waals surface area contributed by atoms with Crippen molar-refractivity contribution in [2.75, 3.05) is 26.0 Å². The molecule has 1 amide bonds. The second kappa shape index (κ2) is 9.39. The average molecular weight is 349 g/mol. The Morgan fingerprint density at radius 1 is 1.68 bits per heavy atom. The minimum atomic E-state index is -0.183. The van der Waals surface area contributed by atoms with Crippen LogP contribution in [0, 0.1) is 0 Å². The molecule has 0 aromatic carbocycles. The molecule has 0 saturated carbocycles. The van der Waals surface area contributed by atoms with Gasteiger partial charge >= 0.3 is 0 Å². The second-order valence-electron chi connectivity index (χ2n) is 5.40. The zero-order valence-electron chi connectivity index (χ0n) is 13.0. The van der Waals surface area contributed by atoms with Crippen molar-refractivity contribution >= 4 is 30.1 Å². The quantitative estimate of drug-likeness (QED) is 0.716. The predicted molar refractivity (Wildman–Crippen MR) is 91.9 cm³/mol. The van der Waals surface area contributed by atoms with Crippen LogP contribution < -0.4 is 10.6 Å². The molecule has 0 radical (unpaired) electrons. The lowest BCUT2D eigenvalue weighted by Crippen LogP contribution is -2.41. The summed E-state index contributed by atoms with van der Waals surface area (Å²) in [5.74, 6) is -0.183. The summed E-state index contributed by atoms with van der Waals surface area (Å²) in [6.45, 7) is 3.90. The van der Waals surface area contributed by atoms with E-state index < -0.39 is 0 Å². The Morgan fingerprint density at radius 2 is 2.45 bits per heavy atom. The van der Waals surface area contributed by atoms with Crippen molar-refractivity contribution in [2.45, 2.75) is 37.1 Å². The smallest absolute Gasteiger partial charge is 0.272 e. The van der Waals surface area contributed by atoms with E-state index in [2.05, 4.69) is 15.7 Å². The Hall–Kier alpha value is -0.760. The van der Waals surface area contributed by atoms with Crippen LogP contribution in [0.25, 0.3) is 0 Å². The van der Waals surface area contributed by atoms with Gasteiger partial charge in [0.1, 0.15) is 5.69 Å². The number of halogens is 1. The van der Waals surface area contributed by atoms with Gasteiger partial charge in [0.15, 0.2) is 0 Å². The third-order valence-corrected chi connectivity index (χ3v) is 5.05. The van der Waals surface area contributed by atoms with Gasteiger partial charge in [0, 0.05) is 24.0 Å². The van der Waals surface area contributed by atoms with Crippen LogP contribution in [0.15, 0.2) is 12.3 Å². The normalized spacial score (nSPS) is 20.8. The fraction of sp³-hybridized carbons (Fsp3) is 0.714. The summed E-state index contributed by atoms with van der Waals surface area (Å²) < 4.78 is 1.88. The van der Waals surface area contributed by atoms with E-state index >= 15 is 0 Å². The van der Waals surface area contributed by atoms with Crippen LogP contribution in [0.1, 0.15) is 36.3 Å². The summed E-state index contributed by atoms with van der Waals surface area (Å²) in [4.78, 5) is 12.2. The molecule has 1 saturated heterocycles. The van der Waals surface area contributed by atoms with Crippen molar-refractivity contribution in [3.8, 4) is 0 Å². The summed E-state index contributed by atoms with van der Waals surface area (Å²) in [6, 6.07) is 1.98. The lowest BCUT2D eigenvalue weighted by molar-refractivity contribution is 0.0929. The summed E-state index contributed by atoms with van der Waals surface area (Å²) in [6.07, 6.45) is 6.02. The zero-order valence-corrected chi connectivity index (χ0v) is 14.6. The lowest BCUT2D eigenvalue weighted by Gasteiger charge is -2.23. The molecule has 0 bridgehead atoms. The van der Waals surface area contributed by atoms with E-state index in [0.29, 0.717) is 11.7 Å². The minimum Gasteiger partial charge on any atom is -0.395 e. The number of hydrogen-bond acceptors (Lipinski definition) is 5. The molecule has 3 unspecified atom stereocenters. The molecule has 1 aromatic rings. The molecule has 3 N–H and O–H groups in total. The van der Waals surface area contributed by atoms with Crippen LogP contribution in [0.2, 0.25) is 0 Å². The number of carbonyl (C=O) groups is 1. The molecule has 1 aliphatic heterocycles. The maximum absolute atomic E-state index is 12.2. The number of hydrogen-bond donors (Lipinski definition) is 3. The number of carbonyl (C=O) groups excluding carboxylic acids is 1. The third kappa shape index (κ3) is 4.87. The molecule has 3 atom stereocenters. The number of rotatable bonds is 6. The first-order valence-corrected chi connectivity index (χ1v) is 8.65. The monoisotopic (exact) mass is 348 g/mol. The Kier molecular flexibility index (Phi) is 8.24. The Balaban J connectivity index is 0.00000242. The average Bonchev–Trinajstić information content (AvgIpc) is 2.99. The van der Waals surface area contributed by atoms with Gasteiger partial charge in [-0.2, -0.15) is 16.9 Å². The minimum absolute atomic E-state index is 0. The summed E-state index contributed by atoms with van der Waals surface area (Å²) in [7, 11) is 0. The van der Waals surface area contributed by atoms with Gasteiger partial charge in [0.25, 0.3) is 5.91 Å². The van der Waals surface area contributed by atoms with Gasteiger partial charge in [-0.1, -0.05) is 0 Å². The highest BCUT2D eigenvalue weighted by molar-refractivity contribution is 7.99. The topological polar surface area (TPSA) is 79.2 Å². The van der Waals surface area contributed by atoms with Crippen molar-refractivity contribution in [1.82, 2.24) is 20.4 Å². The van der Waals surface area contributed by atoms with E-state index in [0.717, 1.165) is 25.9 Å². The molecule has 6 nitrogen and oxygen atoms in total. The van der Waals surface area contributed by atoms with Crippen molar-refractivity contribution in [3.63, 3.8) is 0 Å². The molecule has 0 aliphatic carbocycles. The molecule has 22 heavy (non-hydrogen) atoms. The van der Waals surface area contributed by atoms with E-state index in [4.69, 9.17) is 0 Å². The number of aromatic nitrogens is 2. The molecule has 2 heterocycles. The number of nitrogens with one attached hydrogen (secondary N) is 2. The number of piperidine rings is 1. The van der Waals surface area contributed by atoms with Gasteiger partial charge < -0.3 is 15.7 Å². The molecule has 126 valence electrons. The lowest BCUT2D eigenvalue weighted by atomic mass is 10.1. The van der Waals surface area contributed by atoms with E-state index in [1.807, 2.05) is 24.1 Å². The Morgan fingerprint density at radius 3 is 3.05 bits per heavy atom. The van der Waals surface area contributed by atoms with Crippen molar-refractivity contribution in [1.29, 1.82) is 0 Å². The second-order valence-corrected chi connectivity index (χ2v) is 6.48. The van der Waals surface area contributed by atoms with Crippen LogP contribution in [0.4, 0.5) is 0 Å². The molecule has 2 rings (SSSR count). The van der Waals surface area contributed by atoms with E-state index in [1.165, 1.54) is 0 Å². The molecule has 1 aliphatic rings. The van der Waals surface area contributed by atoms with E-state index in [1.54, 1.807) is 17.8 Å². The fourth-order valence-corrected chi connectivity index (χ4v) is 3.16. The van der Waals surface area contributed by atoms with Crippen molar-refractivity contribution in [2.24, 2.45) is 0 Å². The van der Waals surface area contributed by atoms with Crippen molar-refractivity contribution in [3.05, 3.63) is 18.0 Å². The first-order valence-electron chi connectivity index (χ1n) is 7.36. The van der Waals surface area contributed by atoms with Crippen molar-refractivity contribution < 1.29 is 9.90 Å². The number of thioether (sulfide) groups is 1. The SMILES string of the molecule is CSC(CO)C(C)NC(=O)c1ccn(C2CCCNC2)n1.Cl. The molecule has 1 aromatic heterocycles. The number of aliphatic hydroxyl groups is 1. The number of nitrogens with zero attached hydrogens (tertiary/aromatic N) is 2. The first kappa shape index (κ1) is 19.3. The van der Waals surface area contributed by atoms with Crippen LogP contribution in [0.5, 0.6) is 0 Å². The van der Waals surface area contributed by atoms with Gasteiger partial charge in [-0.3, -0.25) is 9.48 Å². The maximum Gasteiger partial charge on any atom is 0.272 e. The third-order valence-electron chi connectivity index (χ3n) is 3.89. The van der Waals surface area contributed by atoms with Gasteiger partial charge in [-0.15, -0.1) is 12.4 Å². The molecular weight excluding hydrogens is 324 g/mol. The van der Waals surface area contributed by atoms with Gasteiger partial charge in [0.2, 0.25) is 0 Å². The first-order chi connectivity index (χ1) is 10.2. The number of aliphatic hydroxyl groups excluding tert-OH is 1. The van der Waals surface area contributed by atoms with Crippen LogP contribution >= 0.6 is 24.2 Å². The van der Waals surface area contributed by atoms with E-state index in [-0.39, 0.29) is 36.2 Å². The summed E-state index contributed by atoms with van der Waals surface area (Å²) in [5, 5.41) is 19.9. The zero-order chi connectivity index (χ0) is 15.2. The highest BCUT2D eigenvalue weighted by Gasteiger charge is 2.21. The van der Waals surface area contributed by atoms with Gasteiger partial charge in [-0.05, 0) is 38.6 Å². The standard InChI is InChI=1S/C14H24N4O2S.ClH/c1-10(13(9-19)21-2)16-14(20)12-5-7-18(17-12)11-4-3-6-15-8-11;/h5,7,10-11,13,15,19H,3-4,6,8-9H2,1-2H3,(H,16,20);1H.